The highest BCUT2D eigenvalue weighted by Crippen LogP contribution is 1.93. The van der Waals surface area contributed by atoms with Crippen molar-refractivity contribution in [3.05, 3.63) is 0 Å². The molecule has 0 saturated carbocycles. The van der Waals surface area contributed by atoms with Gasteiger partial charge in [0.15, 0.2) is 0 Å². The Balaban J connectivity index is 3.54. The Kier molecular flexibility index (Phi) is 7.60. The molecule has 4 nitrogen and oxygen atoms in total. The van der Waals surface area contributed by atoms with Crippen molar-refractivity contribution in [1.82, 2.24) is 4.90 Å². The van der Waals surface area contributed by atoms with Gasteiger partial charge in [-0.3, -0.25) is 0 Å². The summed E-state index contributed by atoms with van der Waals surface area (Å²) in [5.74, 6) is 0. The summed E-state index contributed by atoms with van der Waals surface area (Å²) >= 11 is 0. The van der Waals surface area contributed by atoms with Crippen LogP contribution >= 0.6 is 0 Å². The predicted octanol–water partition coefficient (Wildman–Crippen LogP) is 0.196. The summed E-state index contributed by atoms with van der Waals surface area (Å²) in [6.07, 6.45) is 0.730. The van der Waals surface area contributed by atoms with Gasteiger partial charge in [0, 0.05) is 20.2 Å². The highest BCUT2D eigenvalue weighted by atomic mass is 16.5. The van der Waals surface area contributed by atoms with Gasteiger partial charge < -0.3 is 15.4 Å². The highest BCUT2D eigenvalue weighted by molar-refractivity contribution is 4.86. The van der Waals surface area contributed by atoms with Gasteiger partial charge in [0.2, 0.25) is 0 Å². The summed E-state index contributed by atoms with van der Waals surface area (Å²) in [5.41, 5.74) is 5.49. The van der Waals surface area contributed by atoms with Gasteiger partial charge in [-0.25, -0.2) is 0 Å². The molecule has 0 amide bonds. The first kappa shape index (κ1) is 12.4. The fourth-order valence-electron chi connectivity index (χ4n) is 1.03. The van der Waals surface area contributed by atoms with Crippen LogP contribution in [0.25, 0.3) is 0 Å². The van der Waals surface area contributed by atoms with Gasteiger partial charge in [-0.15, -0.1) is 0 Å². The third-order valence-electron chi connectivity index (χ3n) is 1.98. The monoisotopic (exact) mass is 185 g/mol. The van der Waals surface area contributed by atoms with Crippen molar-refractivity contribution < 1.29 is 4.74 Å². The van der Waals surface area contributed by atoms with Crippen molar-refractivity contribution in [3.63, 3.8) is 0 Å². The van der Waals surface area contributed by atoms with Crippen LogP contribution in [0.1, 0.15) is 13.3 Å². The lowest BCUT2D eigenvalue weighted by atomic mass is 10.2. The van der Waals surface area contributed by atoms with E-state index in [4.69, 9.17) is 15.7 Å². The molecule has 0 radical (unpaired) electrons. The Labute approximate surface area is 80.3 Å². The summed E-state index contributed by atoms with van der Waals surface area (Å²) in [6.45, 7) is 5.57. The maximum absolute atomic E-state index is 8.48. The molecule has 0 aromatic heterocycles. The number of nitrogens with zero attached hydrogens (tertiary/aromatic N) is 2. The van der Waals surface area contributed by atoms with Gasteiger partial charge >= 0.3 is 0 Å². The number of ether oxygens (including phenoxy) is 1. The quantitative estimate of drug-likeness (QED) is 0.615. The summed E-state index contributed by atoms with van der Waals surface area (Å²) in [4.78, 5) is 2.22. The van der Waals surface area contributed by atoms with E-state index in [-0.39, 0.29) is 6.04 Å². The second kappa shape index (κ2) is 7.99. The smallest absolute Gasteiger partial charge is 0.0940 e. The van der Waals surface area contributed by atoms with Crippen molar-refractivity contribution in [2.45, 2.75) is 19.4 Å². The normalized spacial score (nSPS) is 12.8. The minimum atomic E-state index is -0.336. The van der Waals surface area contributed by atoms with Crippen LogP contribution in [0.15, 0.2) is 0 Å². The Morgan fingerprint density at radius 2 is 2.23 bits per heavy atom. The Bertz CT molecular complexity index is 155. The van der Waals surface area contributed by atoms with E-state index in [9.17, 15) is 0 Å². The molecular weight excluding hydrogens is 166 g/mol. The van der Waals surface area contributed by atoms with E-state index < -0.39 is 0 Å². The van der Waals surface area contributed by atoms with Gasteiger partial charge in [-0.2, -0.15) is 5.26 Å². The molecule has 0 aromatic carbocycles. The number of hydrogen-bond donors (Lipinski definition) is 1. The van der Waals surface area contributed by atoms with Crippen molar-refractivity contribution in [1.29, 1.82) is 5.26 Å². The molecule has 0 aliphatic carbocycles. The van der Waals surface area contributed by atoms with Crippen LogP contribution in [0.4, 0.5) is 0 Å². The van der Waals surface area contributed by atoms with Crippen LogP contribution in [0.5, 0.6) is 0 Å². The fourth-order valence-corrected chi connectivity index (χ4v) is 1.03. The molecule has 0 bridgehead atoms. The molecular formula is C9H19N3O. The molecule has 0 heterocycles. The van der Waals surface area contributed by atoms with Crippen molar-refractivity contribution >= 4 is 0 Å². The van der Waals surface area contributed by atoms with E-state index in [0.29, 0.717) is 0 Å². The van der Waals surface area contributed by atoms with Crippen LogP contribution in [0.2, 0.25) is 0 Å². The Hall–Kier alpha value is -0.630. The SMILES string of the molecule is CCN(CCOC)CCC(N)C#N. The number of rotatable bonds is 7. The van der Waals surface area contributed by atoms with E-state index in [1.807, 2.05) is 6.07 Å². The van der Waals surface area contributed by atoms with Crippen LogP contribution in [0.3, 0.4) is 0 Å². The maximum atomic E-state index is 8.48. The van der Waals surface area contributed by atoms with E-state index in [0.717, 1.165) is 32.7 Å². The Morgan fingerprint density at radius 3 is 2.69 bits per heavy atom. The number of hydrogen-bond acceptors (Lipinski definition) is 4. The van der Waals surface area contributed by atoms with Crippen molar-refractivity contribution in [2.24, 2.45) is 5.73 Å². The fraction of sp³-hybridized carbons (Fsp3) is 0.889. The lowest BCUT2D eigenvalue weighted by molar-refractivity contribution is 0.149. The molecule has 13 heavy (non-hydrogen) atoms. The number of nitrogens with two attached hydrogens (primary N) is 1. The van der Waals surface area contributed by atoms with Crippen molar-refractivity contribution in [2.75, 3.05) is 33.4 Å². The minimum absolute atomic E-state index is 0.336. The number of methoxy groups -OCH3 is 1. The first-order valence-corrected chi connectivity index (χ1v) is 4.61. The molecule has 0 aliphatic rings. The standard InChI is InChI=1S/C9H19N3O/c1-3-12(6-7-13-2)5-4-9(11)8-10/h9H,3-7,11H2,1-2H3. The van der Waals surface area contributed by atoms with Gasteiger partial charge in [-0.05, 0) is 13.0 Å². The molecule has 0 fully saturated rings. The molecule has 4 heteroatoms. The Morgan fingerprint density at radius 1 is 1.54 bits per heavy atom. The highest BCUT2D eigenvalue weighted by Gasteiger charge is 2.05. The minimum Gasteiger partial charge on any atom is -0.383 e. The number of likely N-dealkylation sites (N-methyl/N-ethyl adjacent to an activating group) is 1. The van der Waals surface area contributed by atoms with Crippen LogP contribution in [-0.2, 0) is 4.74 Å². The molecule has 0 aliphatic heterocycles. The van der Waals surface area contributed by atoms with Crippen LogP contribution in [0, 0.1) is 11.3 Å². The van der Waals surface area contributed by atoms with Gasteiger partial charge in [0.05, 0.1) is 18.7 Å². The first-order valence-electron chi connectivity index (χ1n) is 4.61. The summed E-state index contributed by atoms with van der Waals surface area (Å²) in [6, 6.07) is 1.68. The summed E-state index contributed by atoms with van der Waals surface area (Å²) in [7, 11) is 1.69. The van der Waals surface area contributed by atoms with Crippen LogP contribution < -0.4 is 5.73 Å². The summed E-state index contributed by atoms with van der Waals surface area (Å²) < 4.78 is 4.97. The molecule has 0 spiro atoms. The van der Waals surface area contributed by atoms with Gasteiger partial charge in [0.1, 0.15) is 0 Å². The zero-order valence-corrected chi connectivity index (χ0v) is 8.49. The zero-order valence-electron chi connectivity index (χ0n) is 8.49. The maximum Gasteiger partial charge on any atom is 0.0940 e. The largest absolute Gasteiger partial charge is 0.383 e. The lowest BCUT2D eigenvalue weighted by Gasteiger charge is -2.19. The first-order chi connectivity index (χ1) is 6.24. The molecule has 1 atom stereocenters. The molecule has 76 valence electrons. The van der Waals surface area contributed by atoms with Crippen molar-refractivity contribution in [3.8, 4) is 6.07 Å². The lowest BCUT2D eigenvalue weighted by Crippen LogP contribution is -2.32. The molecule has 2 N–H and O–H groups in total. The zero-order chi connectivity index (χ0) is 10.1. The van der Waals surface area contributed by atoms with Crippen LogP contribution in [-0.4, -0.2) is 44.3 Å². The van der Waals surface area contributed by atoms with E-state index in [1.165, 1.54) is 0 Å². The molecule has 0 saturated heterocycles. The topological polar surface area (TPSA) is 62.3 Å². The van der Waals surface area contributed by atoms with E-state index >= 15 is 0 Å². The van der Waals surface area contributed by atoms with E-state index in [1.54, 1.807) is 7.11 Å². The average molecular weight is 185 g/mol. The third kappa shape index (κ3) is 6.52. The average Bonchev–Trinajstić information content (AvgIpc) is 2.17. The predicted molar refractivity (Wildman–Crippen MR) is 52.2 cm³/mol. The molecule has 0 rings (SSSR count). The molecule has 1 unspecified atom stereocenters. The molecule has 0 aromatic rings. The van der Waals surface area contributed by atoms with Gasteiger partial charge in [-0.1, -0.05) is 6.92 Å². The van der Waals surface area contributed by atoms with Gasteiger partial charge in [0.25, 0.3) is 0 Å². The third-order valence-corrected chi connectivity index (χ3v) is 1.98. The van der Waals surface area contributed by atoms with E-state index in [2.05, 4.69) is 11.8 Å². The summed E-state index contributed by atoms with van der Waals surface area (Å²) in [5, 5.41) is 8.48. The number of nitriles is 1. The second-order valence-electron chi connectivity index (χ2n) is 2.95. The second-order valence-corrected chi connectivity index (χ2v) is 2.95.